The van der Waals surface area contributed by atoms with Crippen LogP contribution in [0.5, 0.6) is 0 Å². The number of aromatic nitrogens is 4. The Morgan fingerprint density at radius 3 is 2.58 bits per heavy atom. The Balaban J connectivity index is 1.71. The summed E-state index contributed by atoms with van der Waals surface area (Å²) in [6, 6.07) is 7.72. The summed E-state index contributed by atoms with van der Waals surface area (Å²) in [7, 11) is 0. The van der Waals surface area contributed by atoms with E-state index in [1.54, 1.807) is 24.4 Å². The van der Waals surface area contributed by atoms with Crippen LogP contribution in [0.3, 0.4) is 0 Å². The van der Waals surface area contributed by atoms with E-state index in [-0.39, 0.29) is 19.0 Å². The van der Waals surface area contributed by atoms with Crippen molar-refractivity contribution in [1.82, 2.24) is 19.9 Å². The van der Waals surface area contributed by atoms with Crippen molar-refractivity contribution in [1.29, 1.82) is 0 Å². The summed E-state index contributed by atoms with van der Waals surface area (Å²) in [6.07, 6.45) is 0.860. The van der Waals surface area contributed by atoms with Crippen molar-refractivity contribution in [2.75, 3.05) is 38.3 Å². The van der Waals surface area contributed by atoms with Gasteiger partial charge in [0, 0.05) is 23.7 Å². The molecule has 1 aliphatic rings. The highest BCUT2D eigenvalue weighted by molar-refractivity contribution is 5.77. The molecule has 1 saturated heterocycles. The predicted octanol–water partition coefficient (Wildman–Crippen LogP) is 2.12. The Labute approximate surface area is 178 Å². The number of hydrogen-bond donors (Lipinski definition) is 4. The summed E-state index contributed by atoms with van der Waals surface area (Å²) < 4.78 is 25.1. The SMILES string of the molecule is CC1(CO)COC(c2nc(-c3ccc(F)cc3)c(-c3ccnc(NCCO)n3)[nH]2)OC1. The van der Waals surface area contributed by atoms with E-state index in [0.29, 0.717) is 54.2 Å². The number of imidazole rings is 1. The molecule has 0 atom stereocenters. The van der Waals surface area contributed by atoms with Gasteiger partial charge in [0.1, 0.15) is 5.82 Å². The normalized spacial score (nSPS) is 21.2. The van der Waals surface area contributed by atoms with Gasteiger partial charge in [-0.1, -0.05) is 6.92 Å². The van der Waals surface area contributed by atoms with E-state index < -0.39 is 11.7 Å². The van der Waals surface area contributed by atoms with Crippen LogP contribution < -0.4 is 5.32 Å². The Kier molecular flexibility index (Phi) is 6.23. The van der Waals surface area contributed by atoms with Crippen molar-refractivity contribution in [3.05, 3.63) is 48.2 Å². The van der Waals surface area contributed by atoms with Crippen molar-refractivity contribution < 1.29 is 24.1 Å². The van der Waals surface area contributed by atoms with Crippen LogP contribution in [0.15, 0.2) is 36.5 Å². The minimum Gasteiger partial charge on any atom is -0.396 e. The van der Waals surface area contributed by atoms with Crippen LogP contribution in [-0.4, -0.2) is 63.1 Å². The van der Waals surface area contributed by atoms with Crippen molar-refractivity contribution in [3.8, 4) is 22.6 Å². The van der Waals surface area contributed by atoms with Crippen molar-refractivity contribution >= 4 is 5.95 Å². The largest absolute Gasteiger partial charge is 0.396 e. The second-order valence-electron chi connectivity index (χ2n) is 7.69. The van der Waals surface area contributed by atoms with E-state index in [0.717, 1.165) is 0 Å². The van der Waals surface area contributed by atoms with Crippen LogP contribution in [0.2, 0.25) is 0 Å². The van der Waals surface area contributed by atoms with Gasteiger partial charge in [-0.15, -0.1) is 0 Å². The van der Waals surface area contributed by atoms with Gasteiger partial charge in [0.25, 0.3) is 0 Å². The van der Waals surface area contributed by atoms with Crippen molar-refractivity contribution in [2.24, 2.45) is 5.41 Å². The number of nitrogens with one attached hydrogen (secondary N) is 2. The molecule has 0 unspecified atom stereocenters. The summed E-state index contributed by atoms with van der Waals surface area (Å²) in [5.74, 6) is 0.454. The zero-order valence-electron chi connectivity index (χ0n) is 17.0. The molecule has 9 nitrogen and oxygen atoms in total. The zero-order valence-corrected chi connectivity index (χ0v) is 17.0. The molecule has 10 heteroatoms. The topological polar surface area (TPSA) is 125 Å². The van der Waals surface area contributed by atoms with Crippen molar-refractivity contribution in [3.63, 3.8) is 0 Å². The maximum Gasteiger partial charge on any atom is 0.223 e. The van der Waals surface area contributed by atoms with Gasteiger partial charge < -0.3 is 30.0 Å². The molecule has 0 spiro atoms. The minimum absolute atomic E-state index is 0.0471. The molecule has 1 aromatic carbocycles. The zero-order chi connectivity index (χ0) is 21.8. The summed E-state index contributed by atoms with van der Waals surface area (Å²) in [5, 5.41) is 21.5. The van der Waals surface area contributed by atoms with Gasteiger partial charge in [-0.2, -0.15) is 0 Å². The number of rotatable bonds is 7. The number of aromatic amines is 1. The first-order valence-electron chi connectivity index (χ1n) is 9.89. The molecule has 164 valence electrons. The Hall–Kier alpha value is -2.92. The molecule has 4 N–H and O–H groups in total. The molecule has 1 aliphatic heterocycles. The average Bonchev–Trinajstić information content (AvgIpc) is 3.24. The third-order valence-electron chi connectivity index (χ3n) is 4.92. The first kappa shape index (κ1) is 21.3. The molecule has 3 aromatic rings. The second kappa shape index (κ2) is 9.06. The molecule has 0 bridgehead atoms. The molecule has 0 aliphatic carbocycles. The van der Waals surface area contributed by atoms with Gasteiger partial charge >= 0.3 is 0 Å². The number of benzene rings is 1. The predicted molar refractivity (Wildman–Crippen MR) is 110 cm³/mol. The van der Waals surface area contributed by atoms with E-state index in [9.17, 15) is 9.50 Å². The molecular weight excluding hydrogens is 405 g/mol. The highest BCUT2D eigenvalue weighted by Gasteiger charge is 2.34. The highest BCUT2D eigenvalue weighted by Crippen LogP contribution is 2.35. The smallest absolute Gasteiger partial charge is 0.223 e. The molecule has 2 aromatic heterocycles. The lowest BCUT2D eigenvalue weighted by molar-refractivity contribution is -0.239. The van der Waals surface area contributed by atoms with Crippen LogP contribution in [-0.2, 0) is 9.47 Å². The summed E-state index contributed by atoms with van der Waals surface area (Å²) in [4.78, 5) is 16.5. The van der Waals surface area contributed by atoms with E-state index in [1.165, 1.54) is 12.1 Å². The number of halogens is 1. The van der Waals surface area contributed by atoms with Crippen LogP contribution >= 0.6 is 0 Å². The van der Waals surface area contributed by atoms with Gasteiger partial charge in [-0.05, 0) is 30.3 Å². The van der Waals surface area contributed by atoms with E-state index in [4.69, 9.17) is 14.6 Å². The highest BCUT2D eigenvalue weighted by atomic mass is 19.1. The van der Waals surface area contributed by atoms with Gasteiger partial charge in [0.05, 0.1) is 43.5 Å². The Morgan fingerprint density at radius 2 is 1.90 bits per heavy atom. The molecule has 4 rings (SSSR count). The third kappa shape index (κ3) is 4.72. The number of nitrogens with zero attached hydrogens (tertiary/aromatic N) is 3. The lowest BCUT2D eigenvalue weighted by Crippen LogP contribution is -2.39. The third-order valence-corrected chi connectivity index (χ3v) is 4.92. The second-order valence-corrected chi connectivity index (χ2v) is 7.69. The lowest BCUT2D eigenvalue weighted by Gasteiger charge is -2.35. The maximum atomic E-state index is 13.5. The fourth-order valence-corrected chi connectivity index (χ4v) is 3.15. The Morgan fingerprint density at radius 1 is 1.16 bits per heavy atom. The average molecular weight is 429 g/mol. The lowest BCUT2D eigenvalue weighted by atomic mass is 9.94. The quantitative estimate of drug-likeness (QED) is 0.450. The summed E-state index contributed by atoms with van der Waals surface area (Å²) in [5.41, 5.74) is 1.94. The molecular formula is C21H24FN5O4. The summed E-state index contributed by atoms with van der Waals surface area (Å²) >= 11 is 0. The number of aliphatic hydroxyl groups excluding tert-OH is 2. The fourth-order valence-electron chi connectivity index (χ4n) is 3.15. The van der Waals surface area contributed by atoms with Gasteiger partial charge in [0.15, 0.2) is 5.82 Å². The first-order valence-corrected chi connectivity index (χ1v) is 9.89. The molecule has 0 amide bonds. The van der Waals surface area contributed by atoms with Gasteiger partial charge in [-0.3, -0.25) is 0 Å². The number of aliphatic hydroxyl groups is 2. The van der Waals surface area contributed by atoms with Crippen molar-refractivity contribution in [2.45, 2.75) is 13.2 Å². The monoisotopic (exact) mass is 429 g/mol. The van der Waals surface area contributed by atoms with Crippen LogP contribution in [0.4, 0.5) is 10.3 Å². The number of anilines is 1. The molecule has 31 heavy (non-hydrogen) atoms. The minimum atomic E-state index is -0.735. The standard InChI is InChI=1S/C21H24FN5O4/c1-21(10-29)11-30-19(31-12-21)18-26-16(13-2-4-14(22)5-3-13)17(27-18)15-6-7-23-20(25-15)24-8-9-28/h2-7,19,28-29H,8-12H2,1H3,(H,26,27)(H,23,24,25). The van der Waals surface area contributed by atoms with Crippen LogP contribution in [0.1, 0.15) is 19.0 Å². The van der Waals surface area contributed by atoms with E-state index >= 15 is 0 Å². The van der Waals surface area contributed by atoms with Gasteiger partial charge in [-0.25, -0.2) is 19.3 Å². The number of hydrogen-bond acceptors (Lipinski definition) is 8. The first-order chi connectivity index (χ1) is 15.0. The molecule has 3 heterocycles. The molecule has 0 radical (unpaired) electrons. The number of H-pyrrole nitrogens is 1. The van der Waals surface area contributed by atoms with E-state index in [2.05, 4.69) is 25.3 Å². The molecule has 0 saturated carbocycles. The van der Waals surface area contributed by atoms with Crippen LogP contribution in [0.25, 0.3) is 22.6 Å². The maximum absolute atomic E-state index is 13.5. The summed E-state index contributed by atoms with van der Waals surface area (Å²) in [6.45, 7) is 2.73. The molecule has 1 fully saturated rings. The fraction of sp³-hybridized carbons (Fsp3) is 0.381. The number of ether oxygens (including phenoxy) is 2. The van der Waals surface area contributed by atoms with Gasteiger partial charge in [0.2, 0.25) is 12.2 Å². The van der Waals surface area contributed by atoms with Crippen LogP contribution in [0, 0.1) is 11.2 Å². The van der Waals surface area contributed by atoms with E-state index in [1.807, 2.05) is 6.92 Å². The Bertz CT molecular complexity index is 1020.